The second kappa shape index (κ2) is 19.8. The summed E-state index contributed by atoms with van der Waals surface area (Å²) in [5.74, 6) is -1.22. The van der Waals surface area contributed by atoms with E-state index >= 15 is 0 Å². The Kier molecular flexibility index (Phi) is 15.9. The van der Waals surface area contributed by atoms with Gasteiger partial charge in [0.05, 0.1) is 43.7 Å². The fourth-order valence-electron chi connectivity index (χ4n) is 14.9. The Balaban J connectivity index is 1.27. The van der Waals surface area contributed by atoms with Gasteiger partial charge >= 0.3 is 0 Å². The molecule has 13 N–H and O–H groups in total. The molecule has 0 aromatic carbocycles. The van der Waals surface area contributed by atoms with Crippen LogP contribution in [0.1, 0.15) is 107 Å². The number of rotatable bonds is 13. The maximum atomic E-state index is 12.7. The molecule has 3 heterocycles. The number of aliphatic hydroxyl groups excluding tert-OH is 13. The molecule has 4 saturated carbocycles. The molecular weight excluding hydrogens is 881 g/mol. The van der Waals surface area contributed by atoms with E-state index in [-0.39, 0.29) is 17.8 Å². The Morgan fingerprint density at radius 1 is 0.642 bits per heavy atom. The lowest BCUT2D eigenvalue weighted by Crippen LogP contribution is -2.71. The van der Waals surface area contributed by atoms with Crippen molar-refractivity contribution in [2.24, 2.45) is 45.3 Å². The maximum Gasteiger partial charge on any atom is 0.187 e. The third kappa shape index (κ3) is 9.03. The Morgan fingerprint density at radius 2 is 1.18 bits per heavy atom. The van der Waals surface area contributed by atoms with E-state index in [9.17, 15) is 66.4 Å². The number of ether oxygens (including phenoxy) is 6. The third-order valence-electron chi connectivity index (χ3n) is 18.7. The minimum atomic E-state index is -1.86. The van der Waals surface area contributed by atoms with E-state index in [1.807, 2.05) is 34.6 Å². The highest BCUT2D eigenvalue weighted by Crippen LogP contribution is 2.76. The van der Waals surface area contributed by atoms with Crippen molar-refractivity contribution in [1.82, 2.24) is 0 Å². The molecule has 4 aliphatic carbocycles. The van der Waals surface area contributed by atoms with Crippen LogP contribution in [-0.4, -0.2) is 202 Å². The van der Waals surface area contributed by atoms with Gasteiger partial charge in [0.15, 0.2) is 18.9 Å². The summed E-state index contributed by atoms with van der Waals surface area (Å²) in [6.07, 6.45) is -20.0. The largest absolute Gasteiger partial charge is 0.394 e. The standard InChI is InChI=1S/C48H82O19/c1-21(2)10-9-13-48(8,67-42-38(61)35(58)32(55)26(19-50)64-42)22-11-15-46(6)30(22)23(52)16-28-45(5)14-12-29(53)44(3,4)40(45)24(17-47(28,46)7)62-43-39(36(59)33(56)27(20-51)65-43)66-41-37(60)34(57)31(54)25(18-49)63-41/h10,22-43,49-61H,9,11-20H2,1-8H3/t22-,23+,24-,25+,26+,27+,28+,29-,30-,31+,32+,33+,34-,35-,36-,37+,38+,39+,40-,41-,42-,43+,45+,46+,47+,48-/m0/s1. The van der Waals surface area contributed by atoms with E-state index in [0.29, 0.717) is 51.4 Å². The summed E-state index contributed by atoms with van der Waals surface area (Å²) < 4.78 is 37.9. The lowest BCUT2D eigenvalue weighted by atomic mass is 9.34. The monoisotopic (exact) mass is 963 g/mol. The topological polar surface area (TPSA) is 318 Å². The SMILES string of the molecule is CC(C)=CCC[C@](C)(O[C@@H]1O[C@H](CO)[C@@H](O)[C@H](O)[C@H]1O)[C@H]1CC[C@]2(C)[C@@H]1[C@H](O)C[C@@H]1[C@@]3(C)CC[C@H](O)C(C)(C)[C@@H]3[C@@H](O[C@@H]3O[C@H](CO)[C@@H](O)[C@H](O)[C@H]3O[C@@H]3O[C@H](CO)[C@@H](O)[C@H](O)[C@H]3O)C[C@]12C. The predicted molar refractivity (Wildman–Crippen MR) is 235 cm³/mol. The van der Waals surface area contributed by atoms with Gasteiger partial charge in [-0.15, -0.1) is 0 Å². The molecule has 0 bridgehead atoms. The van der Waals surface area contributed by atoms with Crippen LogP contribution in [0.15, 0.2) is 11.6 Å². The minimum absolute atomic E-state index is 0.110. The van der Waals surface area contributed by atoms with Crippen molar-refractivity contribution in [3.05, 3.63) is 11.6 Å². The van der Waals surface area contributed by atoms with Gasteiger partial charge in [-0.3, -0.25) is 0 Å². The highest BCUT2D eigenvalue weighted by molar-refractivity contribution is 5.22. The smallest absolute Gasteiger partial charge is 0.187 e. The Bertz CT molecular complexity index is 1710. The number of allylic oxidation sites excluding steroid dienone is 2. The highest BCUT2D eigenvalue weighted by Gasteiger charge is 2.74. The molecule has 19 heteroatoms. The molecule has 388 valence electrons. The molecule has 0 spiro atoms. The van der Waals surface area contributed by atoms with Crippen LogP contribution in [0.3, 0.4) is 0 Å². The van der Waals surface area contributed by atoms with Gasteiger partial charge in [0, 0.05) is 0 Å². The first-order valence-electron chi connectivity index (χ1n) is 24.5. The van der Waals surface area contributed by atoms with E-state index in [2.05, 4.69) is 26.8 Å². The maximum absolute atomic E-state index is 12.7. The molecule has 3 aliphatic heterocycles. The molecule has 0 radical (unpaired) electrons. The molecule has 67 heavy (non-hydrogen) atoms. The van der Waals surface area contributed by atoms with Gasteiger partial charge in [-0.25, -0.2) is 0 Å². The van der Waals surface area contributed by atoms with Crippen LogP contribution in [0.4, 0.5) is 0 Å². The van der Waals surface area contributed by atoms with Crippen molar-refractivity contribution in [1.29, 1.82) is 0 Å². The molecular formula is C48H82O19. The summed E-state index contributed by atoms with van der Waals surface area (Å²) in [5.41, 5.74) is -2.56. The number of fused-ring (bicyclic) bond motifs is 5. The predicted octanol–water partition coefficient (Wildman–Crippen LogP) is -1.06. The average molecular weight is 963 g/mol. The van der Waals surface area contributed by atoms with Crippen molar-refractivity contribution >= 4 is 0 Å². The Morgan fingerprint density at radius 3 is 1.75 bits per heavy atom. The molecule has 7 fully saturated rings. The average Bonchev–Trinajstić information content (AvgIpc) is 3.66. The fourth-order valence-corrected chi connectivity index (χ4v) is 14.9. The van der Waals surface area contributed by atoms with Gasteiger partial charge in [0.25, 0.3) is 0 Å². The fraction of sp³-hybridized carbons (Fsp3) is 0.958. The lowest BCUT2D eigenvalue weighted by Gasteiger charge is -2.72. The summed E-state index contributed by atoms with van der Waals surface area (Å²) in [7, 11) is 0. The summed E-state index contributed by atoms with van der Waals surface area (Å²) in [4.78, 5) is 0. The third-order valence-corrected chi connectivity index (χ3v) is 18.7. The first-order chi connectivity index (χ1) is 31.3. The van der Waals surface area contributed by atoms with Crippen LogP contribution in [0.2, 0.25) is 0 Å². The van der Waals surface area contributed by atoms with E-state index in [0.717, 1.165) is 5.57 Å². The number of hydrogen-bond donors (Lipinski definition) is 13. The van der Waals surface area contributed by atoms with Crippen LogP contribution in [0.25, 0.3) is 0 Å². The van der Waals surface area contributed by atoms with Gasteiger partial charge in [-0.1, -0.05) is 46.3 Å². The molecule has 3 saturated heterocycles. The zero-order valence-corrected chi connectivity index (χ0v) is 40.3. The molecule has 0 unspecified atom stereocenters. The van der Waals surface area contributed by atoms with Crippen molar-refractivity contribution in [3.8, 4) is 0 Å². The van der Waals surface area contributed by atoms with Crippen LogP contribution >= 0.6 is 0 Å². The second-order valence-electron chi connectivity index (χ2n) is 23.1. The van der Waals surface area contributed by atoms with Crippen molar-refractivity contribution in [2.45, 2.75) is 223 Å². The van der Waals surface area contributed by atoms with E-state index in [1.165, 1.54) is 0 Å². The summed E-state index contributed by atoms with van der Waals surface area (Å²) in [6.45, 7) is 14.4. The Labute approximate surface area is 393 Å². The van der Waals surface area contributed by atoms with E-state index in [4.69, 9.17) is 28.4 Å². The van der Waals surface area contributed by atoms with E-state index in [1.54, 1.807) is 0 Å². The van der Waals surface area contributed by atoms with Gasteiger partial charge < -0.3 is 94.8 Å². The van der Waals surface area contributed by atoms with Gasteiger partial charge in [-0.05, 0) is 117 Å². The lowest BCUT2D eigenvalue weighted by molar-refractivity contribution is -0.383. The van der Waals surface area contributed by atoms with Crippen molar-refractivity contribution in [2.75, 3.05) is 19.8 Å². The van der Waals surface area contributed by atoms with Gasteiger partial charge in [0.1, 0.15) is 73.2 Å². The van der Waals surface area contributed by atoms with Crippen LogP contribution < -0.4 is 0 Å². The second-order valence-corrected chi connectivity index (χ2v) is 23.1. The van der Waals surface area contributed by atoms with Gasteiger partial charge in [0.2, 0.25) is 0 Å². The molecule has 0 amide bonds. The first kappa shape index (κ1) is 53.8. The quantitative estimate of drug-likeness (QED) is 0.0773. The normalized spacial score (nSPS) is 52.9. The number of hydrogen-bond acceptors (Lipinski definition) is 19. The van der Waals surface area contributed by atoms with Crippen molar-refractivity contribution in [3.63, 3.8) is 0 Å². The summed E-state index contributed by atoms with van der Waals surface area (Å²) in [5, 5.41) is 142. The molecule has 19 nitrogen and oxygen atoms in total. The molecule has 0 aromatic rings. The zero-order valence-electron chi connectivity index (χ0n) is 40.3. The zero-order chi connectivity index (χ0) is 49.5. The summed E-state index contributed by atoms with van der Waals surface area (Å²) in [6, 6.07) is 0. The minimum Gasteiger partial charge on any atom is -0.394 e. The van der Waals surface area contributed by atoms with E-state index < -0.39 is 163 Å². The highest BCUT2D eigenvalue weighted by atomic mass is 16.8. The van der Waals surface area contributed by atoms with Crippen LogP contribution in [-0.2, 0) is 28.4 Å². The van der Waals surface area contributed by atoms with Crippen molar-refractivity contribution < 1.29 is 94.8 Å². The molecule has 7 aliphatic rings. The number of aliphatic hydroxyl groups is 13. The Hall–Kier alpha value is -1.02. The first-order valence-corrected chi connectivity index (χ1v) is 24.5. The molecule has 26 atom stereocenters. The molecule has 7 rings (SSSR count). The van der Waals surface area contributed by atoms with Crippen LogP contribution in [0.5, 0.6) is 0 Å². The molecule has 0 aromatic heterocycles. The summed E-state index contributed by atoms with van der Waals surface area (Å²) >= 11 is 0. The van der Waals surface area contributed by atoms with Crippen LogP contribution in [0, 0.1) is 45.3 Å². The van der Waals surface area contributed by atoms with Gasteiger partial charge in [-0.2, -0.15) is 0 Å².